The van der Waals surface area contributed by atoms with E-state index < -0.39 is 0 Å². The first-order chi connectivity index (χ1) is 7.24. The molecular formula is C12H14BrNO. The largest absolute Gasteiger partial charge is 0.377 e. The third-order valence-electron chi connectivity index (χ3n) is 2.50. The number of rotatable bonds is 3. The van der Waals surface area contributed by atoms with Gasteiger partial charge in [0, 0.05) is 35.3 Å². The van der Waals surface area contributed by atoms with E-state index in [1.807, 2.05) is 6.92 Å². The molecule has 0 atom stereocenters. The van der Waals surface area contributed by atoms with Gasteiger partial charge >= 0.3 is 0 Å². The van der Waals surface area contributed by atoms with Crippen molar-refractivity contribution < 1.29 is 4.74 Å². The predicted molar refractivity (Wildman–Crippen MR) is 65.9 cm³/mol. The summed E-state index contributed by atoms with van der Waals surface area (Å²) in [5, 5.41) is 1.26. The molecule has 0 saturated carbocycles. The zero-order chi connectivity index (χ0) is 10.8. The van der Waals surface area contributed by atoms with Gasteiger partial charge in [-0.2, -0.15) is 0 Å². The molecule has 0 spiro atoms. The van der Waals surface area contributed by atoms with Crippen molar-refractivity contribution in [1.29, 1.82) is 0 Å². The maximum absolute atomic E-state index is 5.45. The molecule has 1 heterocycles. The Morgan fingerprint density at radius 3 is 2.93 bits per heavy atom. The second kappa shape index (κ2) is 4.37. The summed E-state index contributed by atoms with van der Waals surface area (Å²) < 4.78 is 8.71. The van der Waals surface area contributed by atoms with Gasteiger partial charge in [-0.1, -0.05) is 12.1 Å². The van der Waals surface area contributed by atoms with Crippen LogP contribution >= 0.6 is 15.9 Å². The number of fused-ring (bicyclic) bond motifs is 1. The number of aryl methyl sites for hydroxylation is 1. The molecule has 0 aliphatic carbocycles. The van der Waals surface area contributed by atoms with E-state index in [4.69, 9.17) is 4.74 Å². The quantitative estimate of drug-likeness (QED) is 0.831. The number of hydrogen-bond acceptors (Lipinski definition) is 1. The van der Waals surface area contributed by atoms with Crippen LogP contribution in [-0.2, 0) is 18.4 Å². The van der Waals surface area contributed by atoms with Crippen LogP contribution in [0.5, 0.6) is 0 Å². The summed E-state index contributed by atoms with van der Waals surface area (Å²) in [6.45, 7) is 3.45. The average molecular weight is 268 g/mol. The molecule has 0 fully saturated rings. The number of benzene rings is 1. The van der Waals surface area contributed by atoms with Crippen LogP contribution in [0.1, 0.15) is 12.5 Å². The van der Waals surface area contributed by atoms with Crippen molar-refractivity contribution in [2.75, 3.05) is 6.61 Å². The Bertz CT molecular complexity index is 476. The van der Waals surface area contributed by atoms with Gasteiger partial charge in [0.2, 0.25) is 0 Å². The fourth-order valence-corrected chi connectivity index (χ4v) is 2.47. The van der Waals surface area contributed by atoms with Gasteiger partial charge in [0.15, 0.2) is 0 Å². The first kappa shape index (κ1) is 10.7. The van der Waals surface area contributed by atoms with Crippen LogP contribution in [0.4, 0.5) is 0 Å². The van der Waals surface area contributed by atoms with E-state index in [0.717, 1.165) is 11.1 Å². The lowest BCUT2D eigenvalue weighted by atomic mass is 10.2. The molecule has 0 bridgehead atoms. The fraction of sp³-hybridized carbons (Fsp3) is 0.333. The third-order valence-corrected chi connectivity index (χ3v) is 3.14. The molecule has 0 unspecified atom stereocenters. The SMILES string of the molecule is CCOCc1cn(C)c2c(Br)cccc12. The van der Waals surface area contributed by atoms with E-state index in [0.29, 0.717) is 6.61 Å². The topological polar surface area (TPSA) is 14.2 Å². The van der Waals surface area contributed by atoms with E-state index in [1.54, 1.807) is 0 Å². The van der Waals surface area contributed by atoms with Gasteiger partial charge in [-0.25, -0.2) is 0 Å². The van der Waals surface area contributed by atoms with Crippen molar-refractivity contribution in [3.8, 4) is 0 Å². The van der Waals surface area contributed by atoms with Gasteiger partial charge < -0.3 is 9.30 Å². The lowest BCUT2D eigenvalue weighted by Crippen LogP contribution is -1.90. The summed E-state index contributed by atoms with van der Waals surface area (Å²) in [6, 6.07) is 6.25. The van der Waals surface area contributed by atoms with E-state index in [2.05, 4.69) is 51.9 Å². The van der Waals surface area contributed by atoms with E-state index in [1.165, 1.54) is 16.5 Å². The molecule has 80 valence electrons. The Hall–Kier alpha value is -0.800. The summed E-state index contributed by atoms with van der Waals surface area (Å²) in [7, 11) is 2.06. The monoisotopic (exact) mass is 267 g/mol. The number of aromatic nitrogens is 1. The molecule has 0 aliphatic heterocycles. The predicted octanol–water partition coefficient (Wildman–Crippen LogP) is 3.48. The highest BCUT2D eigenvalue weighted by Crippen LogP contribution is 2.27. The lowest BCUT2D eigenvalue weighted by molar-refractivity contribution is 0.135. The Morgan fingerprint density at radius 2 is 2.20 bits per heavy atom. The second-order valence-corrected chi connectivity index (χ2v) is 4.39. The highest BCUT2D eigenvalue weighted by atomic mass is 79.9. The Balaban J connectivity index is 2.53. The van der Waals surface area contributed by atoms with Gasteiger partial charge in [-0.3, -0.25) is 0 Å². The van der Waals surface area contributed by atoms with Crippen LogP contribution in [-0.4, -0.2) is 11.2 Å². The van der Waals surface area contributed by atoms with E-state index in [-0.39, 0.29) is 0 Å². The van der Waals surface area contributed by atoms with Gasteiger partial charge in [0.25, 0.3) is 0 Å². The molecule has 0 aliphatic rings. The van der Waals surface area contributed by atoms with Crippen LogP contribution in [0.3, 0.4) is 0 Å². The molecule has 2 aromatic rings. The molecular weight excluding hydrogens is 254 g/mol. The normalized spacial score (nSPS) is 11.1. The molecule has 2 rings (SSSR count). The smallest absolute Gasteiger partial charge is 0.0737 e. The second-order valence-electron chi connectivity index (χ2n) is 3.54. The lowest BCUT2D eigenvalue weighted by Gasteiger charge is -2.00. The van der Waals surface area contributed by atoms with Crippen molar-refractivity contribution >= 4 is 26.8 Å². The molecule has 3 heteroatoms. The zero-order valence-electron chi connectivity index (χ0n) is 8.96. The maximum atomic E-state index is 5.45. The van der Waals surface area contributed by atoms with Gasteiger partial charge in [-0.15, -0.1) is 0 Å². The highest BCUT2D eigenvalue weighted by Gasteiger charge is 2.08. The molecule has 0 saturated heterocycles. The van der Waals surface area contributed by atoms with Gasteiger partial charge in [0.1, 0.15) is 0 Å². The Morgan fingerprint density at radius 1 is 1.40 bits per heavy atom. The highest BCUT2D eigenvalue weighted by molar-refractivity contribution is 9.10. The number of hydrogen-bond donors (Lipinski definition) is 0. The minimum atomic E-state index is 0.685. The number of nitrogens with zero attached hydrogens (tertiary/aromatic N) is 1. The Labute approximate surface area is 98.0 Å². The molecule has 15 heavy (non-hydrogen) atoms. The molecule has 0 radical (unpaired) electrons. The van der Waals surface area contributed by atoms with Crippen LogP contribution in [0.25, 0.3) is 10.9 Å². The van der Waals surface area contributed by atoms with Crippen LogP contribution in [0.2, 0.25) is 0 Å². The van der Waals surface area contributed by atoms with Crippen LogP contribution in [0.15, 0.2) is 28.9 Å². The van der Waals surface area contributed by atoms with Crippen molar-refractivity contribution in [2.45, 2.75) is 13.5 Å². The first-order valence-electron chi connectivity index (χ1n) is 5.04. The number of halogens is 1. The molecule has 1 aromatic carbocycles. The minimum absolute atomic E-state index is 0.685. The van der Waals surface area contributed by atoms with Crippen LogP contribution < -0.4 is 0 Å². The van der Waals surface area contributed by atoms with Gasteiger partial charge in [-0.05, 0) is 28.9 Å². The molecule has 2 nitrogen and oxygen atoms in total. The molecule has 0 N–H and O–H groups in total. The minimum Gasteiger partial charge on any atom is -0.377 e. The summed E-state index contributed by atoms with van der Waals surface area (Å²) in [5.41, 5.74) is 2.47. The van der Waals surface area contributed by atoms with E-state index in [9.17, 15) is 0 Å². The average Bonchev–Trinajstić information content (AvgIpc) is 2.54. The fourth-order valence-electron chi connectivity index (χ4n) is 1.83. The van der Waals surface area contributed by atoms with Crippen molar-refractivity contribution in [1.82, 2.24) is 4.57 Å². The molecule has 0 amide bonds. The van der Waals surface area contributed by atoms with Crippen molar-refractivity contribution in [3.05, 3.63) is 34.4 Å². The van der Waals surface area contributed by atoms with Crippen molar-refractivity contribution in [2.24, 2.45) is 7.05 Å². The molecule has 1 aromatic heterocycles. The summed E-state index contributed by atoms with van der Waals surface area (Å²) in [5.74, 6) is 0. The Kier molecular flexibility index (Phi) is 3.12. The summed E-state index contributed by atoms with van der Waals surface area (Å²) in [6.07, 6.45) is 2.13. The first-order valence-corrected chi connectivity index (χ1v) is 5.83. The van der Waals surface area contributed by atoms with Gasteiger partial charge in [0.05, 0.1) is 12.1 Å². The summed E-state index contributed by atoms with van der Waals surface area (Å²) >= 11 is 3.57. The van der Waals surface area contributed by atoms with Crippen molar-refractivity contribution in [3.63, 3.8) is 0 Å². The number of ether oxygens (including phenoxy) is 1. The summed E-state index contributed by atoms with van der Waals surface area (Å²) in [4.78, 5) is 0. The zero-order valence-corrected chi connectivity index (χ0v) is 10.5. The number of para-hydroxylation sites is 1. The van der Waals surface area contributed by atoms with Crippen LogP contribution in [0, 0.1) is 0 Å². The third kappa shape index (κ3) is 1.94. The van der Waals surface area contributed by atoms with E-state index >= 15 is 0 Å². The maximum Gasteiger partial charge on any atom is 0.0737 e. The standard InChI is InChI=1S/C12H14BrNO/c1-3-15-8-9-7-14(2)12-10(9)5-4-6-11(12)13/h4-7H,3,8H2,1-2H3.